The first-order valence-corrected chi connectivity index (χ1v) is 3.73. The van der Waals surface area contributed by atoms with Crippen LogP contribution >= 0.6 is 15.9 Å². The number of halogens is 1. The van der Waals surface area contributed by atoms with Crippen LogP contribution in [0.3, 0.4) is 0 Å². The summed E-state index contributed by atoms with van der Waals surface area (Å²) in [5, 5.41) is 9.12. The molecule has 0 aliphatic carbocycles. The Bertz CT molecular complexity index is 210. The van der Waals surface area contributed by atoms with Gasteiger partial charge in [0.05, 0.1) is 0 Å². The van der Waals surface area contributed by atoms with Crippen molar-refractivity contribution >= 4 is 15.9 Å². The lowest BCUT2D eigenvalue weighted by Crippen LogP contribution is -1.86. The summed E-state index contributed by atoms with van der Waals surface area (Å²) in [5.74, 6) is 0.197. The molecule has 3 heteroatoms. The first kappa shape index (κ1) is 7.54. The van der Waals surface area contributed by atoms with Crippen LogP contribution in [-0.2, 0) is 0 Å². The van der Waals surface area contributed by atoms with Gasteiger partial charge in [0.25, 0.3) is 0 Å². The molecule has 1 N–H and O–H groups in total. The van der Waals surface area contributed by atoms with Crippen LogP contribution in [0.2, 0.25) is 0 Å². The predicted molar refractivity (Wildman–Crippen MR) is 43.1 cm³/mol. The van der Waals surface area contributed by atoms with E-state index < -0.39 is 0 Å². The molecule has 0 amide bonds. The molecule has 0 unspecified atom stereocenters. The lowest BCUT2D eigenvalue weighted by Gasteiger charge is -2.00. The molecule has 1 heterocycles. The third-order valence-electron chi connectivity index (χ3n) is 1.40. The van der Waals surface area contributed by atoms with E-state index >= 15 is 0 Å². The highest BCUT2D eigenvalue weighted by molar-refractivity contribution is 9.10. The first-order valence-electron chi connectivity index (χ1n) is 2.94. The van der Waals surface area contributed by atoms with Gasteiger partial charge in [-0.3, -0.25) is 0 Å². The molecule has 0 atom stereocenters. The third-order valence-corrected chi connectivity index (χ3v) is 1.98. The Balaban J connectivity index is 3.28. The molecule has 0 saturated heterocycles. The molecule has 2 nitrogen and oxygen atoms in total. The van der Waals surface area contributed by atoms with E-state index in [2.05, 4.69) is 20.9 Å². The van der Waals surface area contributed by atoms with Crippen molar-refractivity contribution in [3.8, 4) is 5.75 Å². The van der Waals surface area contributed by atoms with E-state index in [4.69, 9.17) is 5.11 Å². The lowest BCUT2D eigenvalue weighted by atomic mass is 10.2. The summed E-state index contributed by atoms with van der Waals surface area (Å²) >= 11 is 3.12. The van der Waals surface area contributed by atoms with Crippen LogP contribution in [0.5, 0.6) is 5.75 Å². The molecule has 0 bridgehead atoms. The Hall–Kier alpha value is -0.570. The highest BCUT2D eigenvalue weighted by Gasteiger charge is 2.00. The Morgan fingerprint density at radius 3 is 2.60 bits per heavy atom. The van der Waals surface area contributed by atoms with E-state index in [1.807, 2.05) is 13.8 Å². The number of nitrogens with zero attached hydrogens (tertiary/aromatic N) is 1. The average molecular weight is 202 g/mol. The molecule has 0 spiro atoms. The van der Waals surface area contributed by atoms with E-state index in [1.54, 1.807) is 6.07 Å². The summed E-state index contributed by atoms with van der Waals surface area (Å²) in [4.78, 5) is 4.04. The van der Waals surface area contributed by atoms with Crippen LogP contribution in [0, 0.1) is 13.8 Å². The van der Waals surface area contributed by atoms with Gasteiger partial charge >= 0.3 is 0 Å². The normalized spacial score (nSPS) is 9.90. The van der Waals surface area contributed by atoms with Crippen LogP contribution in [0.4, 0.5) is 0 Å². The van der Waals surface area contributed by atoms with Gasteiger partial charge in [-0.1, -0.05) is 0 Å². The zero-order valence-corrected chi connectivity index (χ0v) is 7.44. The maximum absolute atomic E-state index is 9.12. The maximum atomic E-state index is 9.12. The Labute approximate surface area is 68.0 Å². The molecule has 10 heavy (non-hydrogen) atoms. The molecule has 1 rings (SSSR count). The third kappa shape index (κ3) is 1.29. The van der Waals surface area contributed by atoms with Crippen LogP contribution in [-0.4, -0.2) is 10.1 Å². The van der Waals surface area contributed by atoms with Gasteiger partial charge in [0.15, 0.2) is 0 Å². The fourth-order valence-corrected chi connectivity index (χ4v) is 1.04. The highest BCUT2D eigenvalue weighted by Crippen LogP contribution is 2.22. The van der Waals surface area contributed by atoms with Crippen molar-refractivity contribution in [2.75, 3.05) is 0 Å². The van der Waals surface area contributed by atoms with Crippen molar-refractivity contribution in [1.82, 2.24) is 4.98 Å². The van der Waals surface area contributed by atoms with E-state index in [0.717, 1.165) is 11.3 Å². The summed E-state index contributed by atoms with van der Waals surface area (Å²) in [6.07, 6.45) is 0. The fraction of sp³-hybridized carbons (Fsp3) is 0.286. The summed E-state index contributed by atoms with van der Waals surface area (Å²) in [5.41, 5.74) is 1.94. The van der Waals surface area contributed by atoms with Crippen molar-refractivity contribution in [2.24, 2.45) is 0 Å². The summed E-state index contributed by atoms with van der Waals surface area (Å²) in [7, 11) is 0. The molecule has 0 radical (unpaired) electrons. The SMILES string of the molecule is Cc1cc(O)c(Br)nc1C. The van der Waals surface area contributed by atoms with E-state index in [-0.39, 0.29) is 5.75 Å². The largest absolute Gasteiger partial charge is 0.505 e. The quantitative estimate of drug-likeness (QED) is 0.654. The van der Waals surface area contributed by atoms with E-state index in [9.17, 15) is 0 Å². The minimum Gasteiger partial charge on any atom is -0.505 e. The minimum absolute atomic E-state index is 0.197. The minimum atomic E-state index is 0.197. The number of aromatic nitrogens is 1. The first-order chi connectivity index (χ1) is 4.61. The van der Waals surface area contributed by atoms with Gasteiger partial charge < -0.3 is 5.11 Å². The van der Waals surface area contributed by atoms with Crippen molar-refractivity contribution in [1.29, 1.82) is 0 Å². The standard InChI is InChI=1S/C7H8BrNO/c1-4-3-6(10)7(8)9-5(4)2/h3,10H,1-2H3. The second-order valence-corrected chi connectivity index (χ2v) is 2.95. The van der Waals surface area contributed by atoms with Gasteiger partial charge in [0.2, 0.25) is 0 Å². The van der Waals surface area contributed by atoms with E-state index in [1.165, 1.54) is 0 Å². The second kappa shape index (κ2) is 2.58. The number of aryl methyl sites for hydroxylation is 2. The maximum Gasteiger partial charge on any atom is 0.148 e. The van der Waals surface area contributed by atoms with Crippen molar-refractivity contribution < 1.29 is 5.11 Å². The molecule has 0 aromatic carbocycles. The molecule has 0 fully saturated rings. The van der Waals surface area contributed by atoms with Gasteiger partial charge in [-0.2, -0.15) is 0 Å². The molecular formula is C7H8BrNO. The van der Waals surface area contributed by atoms with Crippen LogP contribution in [0.1, 0.15) is 11.3 Å². The molecule has 1 aromatic rings. The van der Waals surface area contributed by atoms with Crippen LogP contribution in [0.15, 0.2) is 10.7 Å². The van der Waals surface area contributed by atoms with Crippen LogP contribution < -0.4 is 0 Å². The summed E-state index contributed by atoms with van der Waals surface area (Å²) in [6.45, 7) is 3.81. The number of hydrogen-bond donors (Lipinski definition) is 1. The Morgan fingerprint density at radius 1 is 1.50 bits per heavy atom. The zero-order valence-electron chi connectivity index (χ0n) is 5.85. The molecule has 0 aliphatic rings. The zero-order chi connectivity index (χ0) is 7.72. The predicted octanol–water partition coefficient (Wildman–Crippen LogP) is 2.17. The van der Waals surface area contributed by atoms with Gasteiger partial charge in [-0.25, -0.2) is 4.98 Å². The van der Waals surface area contributed by atoms with Gasteiger partial charge in [0, 0.05) is 5.69 Å². The molecule has 54 valence electrons. The summed E-state index contributed by atoms with van der Waals surface area (Å²) in [6, 6.07) is 1.69. The van der Waals surface area contributed by atoms with Crippen molar-refractivity contribution in [3.05, 3.63) is 21.9 Å². The van der Waals surface area contributed by atoms with Gasteiger partial charge in [-0.05, 0) is 41.4 Å². The monoisotopic (exact) mass is 201 g/mol. The fourth-order valence-electron chi connectivity index (χ4n) is 0.662. The smallest absolute Gasteiger partial charge is 0.148 e. The Morgan fingerprint density at radius 2 is 2.10 bits per heavy atom. The number of pyridine rings is 1. The molecule has 1 aromatic heterocycles. The molecule has 0 saturated carbocycles. The number of rotatable bonds is 0. The van der Waals surface area contributed by atoms with Crippen molar-refractivity contribution in [2.45, 2.75) is 13.8 Å². The number of aromatic hydroxyl groups is 1. The molecular weight excluding hydrogens is 194 g/mol. The van der Waals surface area contributed by atoms with Crippen LogP contribution in [0.25, 0.3) is 0 Å². The second-order valence-electron chi connectivity index (χ2n) is 2.20. The van der Waals surface area contributed by atoms with Gasteiger partial charge in [0.1, 0.15) is 10.4 Å². The topological polar surface area (TPSA) is 33.1 Å². The van der Waals surface area contributed by atoms with Crippen molar-refractivity contribution in [3.63, 3.8) is 0 Å². The highest BCUT2D eigenvalue weighted by atomic mass is 79.9. The molecule has 0 aliphatic heterocycles. The summed E-state index contributed by atoms with van der Waals surface area (Å²) < 4.78 is 0.510. The van der Waals surface area contributed by atoms with E-state index in [0.29, 0.717) is 4.60 Å². The average Bonchev–Trinajstić information content (AvgIpc) is 1.84. The number of hydrogen-bond acceptors (Lipinski definition) is 2. The lowest BCUT2D eigenvalue weighted by molar-refractivity contribution is 0.467. The van der Waals surface area contributed by atoms with Gasteiger partial charge in [-0.15, -0.1) is 0 Å². The Kier molecular flexibility index (Phi) is 1.94.